The van der Waals surface area contributed by atoms with E-state index in [1.807, 2.05) is 30.3 Å². The Morgan fingerprint density at radius 2 is 1.59 bits per heavy atom. The summed E-state index contributed by atoms with van der Waals surface area (Å²) in [5, 5.41) is 2.71. The van der Waals surface area contributed by atoms with E-state index in [0.29, 0.717) is 6.42 Å². The lowest BCUT2D eigenvalue weighted by Crippen LogP contribution is -2.41. The molecule has 8 nitrogen and oxygen atoms in total. The summed E-state index contributed by atoms with van der Waals surface area (Å²) in [7, 11) is -3.63. The van der Waals surface area contributed by atoms with E-state index in [4.69, 9.17) is 13.7 Å². The van der Waals surface area contributed by atoms with Crippen molar-refractivity contribution in [1.29, 1.82) is 0 Å². The minimum absolute atomic E-state index is 0.0618. The summed E-state index contributed by atoms with van der Waals surface area (Å²) in [6, 6.07) is 15.0. The standard InChI is InChI=1S/C23H29NO7S/c1-23(2,3)30-22(26)24-19(15-21(25)29-16-18-8-6-5-7-9-18)14-17-10-12-20(13-11-17)31-32(4,27)28/h5-13,19H,14-16H2,1-4H3,(H,24,26). The average molecular weight is 464 g/mol. The van der Waals surface area contributed by atoms with Gasteiger partial charge in [0.2, 0.25) is 0 Å². The summed E-state index contributed by atoms with van der Waals surface area (Å²) in [5.41, 5.74) is 0.939. The van der Waals surface area contributed by atoms with Gasteiger partial charge in [-0.3, -0.25) is 4.79 Å². The molecule has 1 atom stereocenters. The number of hydrogen-bond acceptors (Lipinski definition) is 7. The van der Waals surface area contributed by atoms with Gasteiger partial charge in [-0.15, -0.1) is 0 Å². The maximum atomic E-state index is 12.4. The summed E-state index contributed by atoms with van der Waals surface area (Å²) in [6.45, 7) is 5.37. The van der Waals surface area contributed by atoms with Gasteiger partial charge in [0, 0.05) is 6.04 Å². The van der Waals surface area contributed by atoms with Crippen molar-refractivity contribution in [2.45, 2.75) is 51.9 Å². The summed E-state index contributed by atoms with van der Waals surface area (Å²) in [6.07, 6.45) is 0.560. The zero-order valence-electron chi connectivity index (χ0n) is 18.7. The number of benzene rings is 2. The predicted molar refractivity (Wildman–Crippen MR) is 120 cm³/mol. The second-order valence-electron chi connectivity index (χ2n) is 8.33. The molecule has 0 saturated heterocycles. The molecule has 2 rings (SSSR count). The Hall–Kier alpha value is -3.07. The molecule has 2 aromatic rings. The topological polar surface area (TPSA) is 108 Å². The van der Waals surface area contributed by atoms with E-state index >= 15 is 0 Å². The summed E-state index contributed by atoms with van der Waals surface area (Å²) in [4.78, 5) is 24.7. The predicted octanol–water partition coefficient (Wildman–Crippen LogP) is 3.59. The molecule has 32 heavy (non-hydrogen) atoms. The molecule has 0 heterocycles. The van der Waals surface area contributed by atoms with Gasteiger partial charge < -0.3 is 19.0 Å². The van der Waals surface area contributed by atoms with E-state index in [9.17, 15) is 18.0 Å². The monoisotopic (exact) mass is 463 g/mol. The third kappa shape index (κ3) is 10.3. The van der Waals surface area contributed by atoms with Crippen LogP contribution >= 0.6 is 0 Å². The van der Waals surface area contributed by atoms with Crippen molar-refractivity contribution >= 4 is 22.2 Å². The lowest BCUT2D eigenvalue weighted by atomic mass is 10.0. The minimum atomic E-state index is -3.63. The van der Waals surface area contributed by atoms with Crippen LogP contribution in [0.15, 0.2) is 54.6 Å². The van der Waals surface area contributed by atoms with Crippen LogP contribution in [0.4, 0.5) is 4.79 Å². The van der Waals surface area contributed by atoms with Crippen molar-refractivity contribution in [3.05, 3.63) is 65.7 Å². The van der Waals surface area contributed by atoms with E-state index in [1.165, 1.54) is 12.1 Å². The number of carbonyl (C=O) groups is 2. The summed E-state index contributed by atoms with van der Waals surface area (Å²) in [5.74, 6) is -0.290. The minimum Gasteiger partial charge on any atom is -0.461 e. The molecule has 0 radical (unpaired) electrons. The second kappa shape index (κ2) is 11.0. The molecule has 0 fully saturated rings. The lowest BCUT2D eigenvalue weighted by molar-refractivity contribution is -0.145. The highest BCUT2D eigenvalue weighted by Crippen LogP contribution is 2.17. The van der Waals surface area contributed by atoms with Crippen LogP contribution in [0.25, 0.3) is 0 Å². The molecule has 2 aromatic carbocycles. The second-order valence-corrected chi connectivity index (χ2v) is 9.90. The molecule has 0 aliphatic rings. The Bertz CT molecular complexity index is 997. The fourth-order valence-corrected chi connectivity index (χ4v) is 3.25. The smallest absolute Gasteiger partial charge is 0.407 e. The van der Waals surface area contributed by atoms with Crippen molar-refractivity contribution in [3.63, 3.8) is 0 Å². The first kappa shape index (κ1) is 25.2. The molecule has 174 valence electrons. The number of ether oxygens (including phenoxy) is 2. The molecule has 0 aromatic heterocycles. The molecule has 0 saturated carbocycles. The normalized spacial score (nSPS) is 12.5. The maximum Gasteiger partial charge on any atom is 0.407 e. The lowest BCUT2D eigenvalue weighted by Gasteiger charge is -2.23. The van der Waals surface area contributed by atoms with Gasteiger partial charge in [-0.25, -0.2) is 4.79 Å². The SMILES string of the molecule is CC(C)(C)OC(=O)NC(CC(=O)OCc1ccccc1)Cc1ccc(OS(C)(=O)=O)cc1. The average Bonchev–Trinajstić information content (AvgIpc) is 2.66. The fourth-order valence-electron chi connectivity index (χ4n) is 2.79. The van der Waals surface area contributed by atoms with E-state index < -0.39 is 33.8 Å². The van der Waals surface area contributed by atoms with Crippen molar-refractivity contribution in [2.75, 3.05) is 6.26 Å². The van der Waals surface area contributed by atoms with Gasteiger partial charge in [-0.05, 0) is 50.5 Å². The third-order valence-corrected chi connectivity index (χ3v) is 4.52. The number of alkyl carbamates (subject to hydrolysis) is 1. The fraction of sp³-hybridized carbons (Fsp3) is 0.391. The number of amides is 1. The molecule has 1 unspecified atom stereocenters. The van der Waals surface area contributed by atoms with Crippen LogP contribution in [0.3, 0.4) is 0 Å². The van der Waals surface area contributed by atoms with Crippen molar-refractivity contribution < 1.29 is 31.7 Å². The Kier molecular flexibility index (Phi) is 8.65. The Labute approximate surface area is 189 Å². The molecule has 0 bridgehead atoms. The van der Waals surface area contributed by atoms with Gasteiger partial charge in [-0.2, -0.15) is 8.42 Å². The highest BCUT2D eigenvalue weighted by Gasteiger charge is 2.22. The number of esters is 1. The number of rotatable bonds is 9. The van der Waals surface area contributed by atoms with E-state index in [0.717, 1.165) is 17.4 Å². The van der Waals surface area contributed by atoms with Crippen LogP contribution in [0.2, 0.25) is 0 Å². The molecule has 1 amide bonds. The molecular weight excluding hydrogens is 434 g/mol. The first-order valence-electron chi connectivity index (χ1n) is 10.1. The highest BCUT2D eigenvalue weighted by molar-refractivity contribution is 7.86. The van der Waals surface area contributed by atoms with Gasteiger partial charge in [0.25, 0.3) is 0 Å². The van der Waals surface area contributed by atoms with Crippen LogP contribution in [0.5, 0.6) is 5.75 Å². The van der Waals surface area contributed by atoms with Gasteiger partial charge in [-0.1, -0.05) is 42.5 Å². The quantitative estimate of drug-likeness (QED) is 0.447. The van der Waals surface area contributed by atoms with E-state index in [-0.39, 0.29) is 18.8 Å². The van der Waals surface area contributed by atoms with Crippen LogP contribution in [0.1, 0.15) is 38.3 Å². The van der Waals surface area contributed by atoms with Crippen molar-refractivity contribution in [3.8, 4) is 5.75 Å². The molecule has 9 heteroatoms. The van der Waals surface area contributed by atoms with Gasteiger partial charge in [0.1, 0.15) is 18.0 Å². The number of nitrogens with one attached hydrogen (secondary N) is 1. The van der Waals surface area contributed by atoms with Crippen LogP contribution < -0.4 is 9.50 Å². The zero-order valence-corrected chi connectivity index (χ0v) is 19.5. The van der Waals surface area contributed by atoms with Crippen molar-refractivity contribution in [2.24, 2.45) is 0 Å². The Morgan fingerprint density at radius 1 is 0.969 bits per heavy atom. The molecule has 1 N–H and O–H groups in total. The Balaban J connectivity index is 2.04. The van der Waals surface area contributed by atoms with Gasteiger partial charge >= 0.3 is 22.2 Å². The highest BCUT2D eigenvalue weighted by atomic mass is 32.2. The number of carbonyl (C=O) groups excluding carboxylic acids is 2. The first-order valence-corrected chi connectivity index (χ1v) is 11.9. The summed E-state index contributed by atoms with van der Waals surface area (Å²) < 4.78 is 38.0. The largest absolute Gasteiger partial charge is 0.461 e. The van der Waals surface area contributed by atoms with Crippen LogP contribution in [-0.2, 0) is 37.4 Å². The summed E-state index contributed by atoms with van der Waals surface area (Å²) >= 11 is 0. The first-order chi connectivity index (χ1) is 14.9. The van der Waals surface area contributed by atoms with E-state index in [2.05, 4.69) is 5.32 Å². The molecule has 0 aliphatic heterocycles. The maximum absolute atomic E-state index is 12.4. The zero-order chi connectivity index (χ0) is 23.8. The van der Waals surface area contributed by atoms with E-state index in [1.54, 1.807) is 32.9 Å². The van der Waals surface area contributed by atoms with Crippen LogP contribution in [-0.4, -0.2) is 38.4 Å². The molecule has 0 spiro atoms. The third-order valence-electron chi connectivity index (χ3n) is 4.03. The van der Waals surface area contributed by atoms with Gasteiger partial charge in [0.15, 0.2) is 0 Å². The molecular formula is C23H29NO7S. The molecule has 0 aliphatic carbocycles. The Morgan fingerprint density at radius 3 is 2.16 bits per heavy atom. The number of hydrogen-bond donors (Lipinski definition) is 1. The van der Waals surface area contributed by atoms with Gasteiger partial charge in [0.05, 0.1) is 12.7 Å². The van der Waals surface area contributed by atoms with Crippen LogP contribution in [0, 0.1) is 0 Å². The van der Waals surface area contributed by atoms with Crippen molar-refractivity contribution in [1.82, 2.24) is 5.32 Å².